The van der Waals surface area contributed by atoms with Gasteiger partial charge >= 0.3 is 0 Å². The van der Waals surface area contributed by atoms with Crippen molar-refractivity contribution in [1.29, 1.82) is 0 Å². The van der Waals surface area contributed by atoms with Gasteiger partial charge in [0.05, 0.1) is 11.8 Å². The standard InChI is InChI=1S/C17H22N2O/c1-13(2)20-17-8-6-5-7-16(17)18-14-9-11-15(12-10-14)19(3)4/h5-13,18H,1-4H3. The van der Waals surface area contributed by atoms with Crippen molar-refractivity contribution < 1.29 is 4.74 Å². The highest BCUT2D eigenvalue weighted by atomic mass is 16.5. The molecule has 0 aliphatic heterocycles. The highest BCUT2D eigenvalue weighted by Crippen LogP contribution is 2.28. The summed E-state index contributed by atoms with van der Waals surface area (Å²) in [6.07, 6.45) is 0.161. The average Bonchev–Trinajstić information content (AvgIpc) is 2.41. The summed E-state index contributed by atoms with van der Waals surface area (Å²) in [7, 11) is 4.07. The number of ether oxygens (including phenoxy) is 1. The molecule has 0 bridgehead atoms. The van der Waals surface area contributed by atoms with E-state index in [4.69, 9.17) is 4.74 Å². The molecule has 0 heterocycles. The number of hydrogen-bond acceptors (Lipinski definition) is 3. The highest BCUT2D eigenvalue weighted by molar-refractivity contribution is 5.67. The molecule has 20 heavy (non-hydrogen) atoms. The second kappa shape index (κ2) is 6.33. The topological polar surface area (TPSA) is 24.5 Å². The quantitative estimate of drug-likeness (QED) is 0.877. The molecule has 0 atom stereocenters. The van der Waals surface area contributed by atoms with Crippen LogP contribution in [-0.2, 0) is 0 Å². The van der Waals surface area contributed by atoms with Crippen LogP contribution in [0.5, 0.6) is 5.75 Å². The molecular formula is C17H22N2O. The van der Waals surface area contributed by atoms with Crippen molar-refractivity contribution in [1.82, 2.24) is 0 Å². The maximum absolute atomic E-state index is 5.81. The van der Waals surface area contributed by atoms with Crippen molar-refractivity contribution in [2.45, 2.75) is 20.0 Å². The number of para-hydroxylation sites is 2. The fourth-order valence-corrected chi connectivity index (χ4v) is 1.93. The van der Waals surface area contributed by atoms with Crippen LogP contribution in [0.3, 0.4) is 0 Å². The number of anilines is 3. The molecule has 2 rings (SSSR count). The van der Waals surface area contributed by atoms with Crippen LogP contribution in [0, 0.1) is 0 Å². The first kappa shape index (κ1) is 14.3. The summed E-state index contributed by atoms with van der Waals surface area (Å²) in [5, 5.41) is 3.40. The summed E-state index contributed by atoms with van der Waals surface area (Å²) >= 11 is 0. The number of nitrogens with one attached hydrogen (secondary N) is 1. The Labute approximate surface area is 121 Å². The third-order valence-corrected chi connectivity index (χ3v) is 2.91. The van der Waals surface area contributed by atoms with Crippen LogP contribution >= 0.6 is 0 Å². The molecular weight excluding hydrogens is 248 g/mol. The molecule has 1 N–H and O–H groups in total. The predicted molar refractivity (Wildman–Crippen MR) is 86.3 cm³/mol. The highest BCUT2D eigenvalue weighted by Gasteiger charge is 2.05. The van der Waals surface area contributed by atoms with Gasteiger partial charge in [-0.05, 0) is 50.2 Å². The van der Waals surface area contributed by atoms with Crippen LogP contribution in [-0.4, -0.2) is 20.2 Å². The van der Waals surface area contributed by atoms with Crippen LogP contribution in [0.25, 0.3) is 0 Å². The zero-order valence-corrected chi connectivity index (χ0v) is 12.6. The Morgan fingerprint density at radius 1 is 0.950 bits per heavy atom. The Morgan fingerprint density at radius 2 is 1.60 bits per heavy atom. The Balaban J connectivity index is 2.17. The second-order valence-corrected chi connectivity index (χ2v) is 5.23. The minimum Gasteiger partial charge on any atom is -0.489 e. The van der Waals surface area contributed by atoms with Gasteiger partial charge in [0.25, 0.3) is 0 Å². The fourth-order valence-electron chi connectivity index (χ4n) is 1.93. The summed E-state index contributed by atoms with van der Waals surface area (Å²) in [5.74, 6) is 0.874. The van der Waals surface area contributed by atoms with Crippen molar-refractivity contribution in [3.8, 4) is 5.75 Å². The van der Waals surface area contributed by atoms with Crippen LogP contribution in [0.2, 0.25) is 0 Å². The Morgan fingerprint density at radius 3 is 2.20 bits per heavy atom. The van der Waals surface area contributed by atoms with Gasteiger partial charge in [0.2, 0.25) is 0 Å². The van der Waals surface area contributed by atoms with E-state index in [0.717, 1.165) is 17.1 Å². The van der Waals surface area contributed by atoms with E-state index in [0.29, 0.717) is 0 Å². The summed E-state index contributed by atoms with van der Waals surface area (Å²) in [6, 6.07) is 16.3. The molecule has 0 radical (unpaired) electrons. The third kappa shape index (κ3) is 3.67. The normalized spacial score (nSPS) is 10.4. The first-order valence-electron chi connectivity index (χ1n) is 6.86. The summed E-state index contributed by atoms with van der Waals surface area (Å²) < 4.78 is 5.81. The van der Waals surface area contributed by atoms with Gasteiger partial charge in [0.1, 0.15) is 5.75 Å². The third-order valence-electron chi connectivity index (χ3n) is 2.91. The smallest absolute Gasteiger partial charge is 0.143 e. The van der Waals surface area contributed by atoms with Crippen molar-refractivity contribution in [2.24, 2.45) is 0 Å². The zero-order chi connectivity index (χ0) is 14.5. The SMILES string of the molecule is CC(C)Oc1ccccc1Nc1ccc(N(C)C)cc1. The first-order chi connectivity index (χ1) is 9.56. The first-order valence-corrected chi connectivity index (χ1v) is 6.86. The summed E-state index contributed by atoms with van der Waals surface area (Å²) in [6.45, 7) is 4.06. The Bertz CT molecular complexity index is 547. The minimum atomic E-state index is 0.161. The van der Waals surface area contributed by atoms with Crippen LogP contribution in [0.15, 0.2) is 48.5 Å². The van der Waals surface area contributed by atoms with E-state index in [1.54, 1.807) is 0 Å². The maximum Gasteiger partial charge on any atom is 0.143 e. The molecule has 0 spiro atoms. The van der Waals surface area contributed by atoms with Crippen LogP contribution in [0.1, 0.15) is 13.8 Å². The fraction of sp³-hybridized carbons (Fsp3) is 0.294. The lowest BCUT2D eigenvalue weighted by molar-refractivity contribution is 0.244. The number of nitrogens with zero attached hydrogens (tertiary/aromatic N) is 1. The van der Waals surface area contributed by atoms with E-state index in [9.17, 15) is 0 Å². The van der Waals surface area contributed by atoms with E-state index in [2.05, 4.69) is 34.5 Å². The van der Waals surface area contributed by atoms with Gasteiger partial charge in [-0.2, -0.15) is 0 Å². The molecule has 2 aromatic carbocycles. The van der Waals surface area contributed by atoms with E-state index in [-0.39, 0.29) is 6.10 Å². The Hall–Kier alpha value is -2.16. The molecule has 106 valence electrons. The molecule has 3 heteroatoms. The molecule has 0 aliphatic carbocycles. The van der Waals surface area contributed by atoms with Gasteiger partial charge in [0.15, 0.2) is 0 Å². The van der Waals surface area contributed by atoms with Gasteiger partial charge in [-0.25, -0.2) is 0 Å². The maximum atomic E-state index is 5.81. The van der Waals surface area contributed by atoms with Gasteiger partial charge in [0, 0.05) is 25.5 Å². The van der Waals surface area contributed by atoms with Gasteiger partial charge in [-0.15, -0.1) is 0 Å². The summed E-state index contributed by atoms with van der Waals surface area (Å²) in [4.78, 5) is 2.08. The van der Waals surface area contributed by atoms with E-state index in [1.165, 1.54) is 5.69 Å². The lowest BCUT2D eigenvalue weighted by atomic mass is 10.2. The second-order valence-electron chi connectivity index (χ2n) is 5.23. The van der Waals surface area contributed by atoms with Crippen molar-refractivity contribution in [3.63, 3.8) is 0 Å². The molecule has 0 aliphatic rings. The summed E-state index contributed by atoms with van der Waals surface area (Å²) in [5.41, 5.74) is 3.22. The number of benzene rings is 2. The minimum absolute atomic E-state index is 0.161. The van der Waals surface area contributed by atoms with Crippen molar-refractivity contribution >= 4 is 17.1 Å². The lowest BCUT2D eigenvalue weighted by Gasteiger charge is -2.16. The van der Waals surface area contributed by atoms with Gasteiger partial charge < -0.3 is 15.0 Å². The van der Waals surface area contributed by atoms with E-state index in [1.807, 2.05) is 52.2 Å². The largest absolute Gasteiger partial charge is 0.489 e. The van der Waals surface area contributed by atoms with Crippen LogP contribution < -0.4 is 15.0 Å². The molecule has 2 aromatic rings. The molecule has 0 aromatic heterocycles. The molecule has 0 unspecified atom stereocenters. The molecule has 0 saturated heterocycles. The monoisotopic (exact) mass is 270 g/mol. The van der Waals surface area contributed by atoms with Crippen molar-refractivity contribution in [3.05, 3.63) is 48.5 Å². The van der Waals surface area contributed by atoms with Crippen molar-refractivity contribution in [2.75, 3.05) is 24.3 Å². The number of rotatable bonds is 5. The molecule has 0 fully saturated rings. The molecule has 0 saturated carbocycles. The average molecular weight is 270 g/mol. The number of hydrogen-bond donors (Lipinski definition) is 1. The van der Waals surface area contributed by atoms with Gasteiger partial charge in [-0.1, -0.05) is 12.1 Å². The van der Waals surface area contributed by atoms with Gasteiger partial charge in [-0.3, -0.25) is 0 Å². The molecule has 3 nitrogen and oxygen atoms in total. The lowest BCUT2D eigenvalue weighted by Crippen LogP contribution is -2.08. The Kier molecular flexibility index (Phi) is 4.51. The predicted octanol–water partition coefficient (Wildman–Crippen LogP) is 4.28. The zero-order valence-electron chi connectivity index (χ0n) is 12.6. The van der Waals surface area contributed by atoms with E-state index >= 15 is 0 Å². The van der Waals surface area contributed by atoms with E-state index < -0.39 is 0 Å². The van der Waals surface area contributed by atoms with Crippen LogP contribution in [0.4, 0.5) is 17.1 Å². The molecule has 0 amide bonds.